The number of hydrogen-bond acceptors (Lipinski definition) is 9. The number of nitrogens with one attached hydrogen (secondary N) is 3. The largest absolute Gasteiger partial charge is 0.341 e. The van der Waals surface area contributed by atoms with Gasteiger partial charge in [0, 0.05) is 24.3 Å². The molecule has 11 heteroatoms. The molecular weight excluding hydrogens is 384 g/mol. The molecule has 1 aliphatic rings. The Hall–Kier alpha value is -3.89. The van der Waals surface area contributed by atoms with Gasteiger partial charge in [-0.15, -0.1) is 10.2 Å². The highest BCUT2D eigenvalue weighted by atomic mass is 16.1. The summed E-state index contributed by atoms with van der Waals surface area (Å²) in [6, 6.07) is 7.50. The van der Waals surface area contributed by atoms with E-state index in [1.54, 1.807) is 6.20 Å². The molecule has 1 saturated heterocycles. The second-order valence-electron chi connectivity index (χ2n) is 7.17. The molecule has 0 saturated carbocycles. The van der Waals surface area contributed by atoms with Crippen LogP contribution < -0.4 is 15.8 Å². The summed E-state index contributed by atoms with van der Waals surface area (Å²) in [5.41, 5.74) is 1.79. The van der Waals surface area contributed by atoms with Crippen molar-refractivity contribution in [3.8, 4) is 11.4 Å². The van der Waals surface area contributed by atoms with Crippen LogP contribution in [0.3, 0.4) is 0 Å². The number of nitrogens with zero attached hydrogens (tertiary/aromatic N) is 7. The number of fused-ring (bicyclic) bond motifs is 1. The van der Waals surface area contributed by atoms with Crippen molar-refractivity contribution in [2.45, 2.75) is 25.7 Å². The van der Waals surface area contributed by atoms with Crippen molar-refractivity contribution in [2.24, 2.45) is 0 Å². The number of tetrazole rings is 1. The van der Waals surface area contributed by atoms with E-state index in [1.165, 1.54) is 12.8 Å². The molecule has 0 spiro atoms. The van der Waals surface area contributed by atoms with Gasteiger partial charge in [0.15, 0.2) is 0 Å². The zero-order chi connectivity index (χ0) is 20.3. The predicted molar refractivity (Wildman–Crippen MR) is 112 cm³/mol. The van der Waals surface area contributed by atoms with E-state index in [0.29, 0.717) is 28.5 Å². The maximum Gasteiger partial charge on any atom is 0.277 e. The lowest BCUT2D eigenvalue weighted by Gasteiger charge is -2.21. The number of anilines is 3. The molecule has 1 aliphatic heterocycles. The van der Waals surface area contributed by atoms with Crippen LogP contribution in [0.15, 0.2) is 35.3 Å². The summed E-state index contributed by atoms with van der Waals surface area (Å²) in [5, 5.41) is 24.0. The SMILES string of the molecule is O=c1[nH]ncc2nc(N3CCCCCC3)nc(Nc3ccc(-c4nn[nH]n4)cc3)c12. The molecule has 11 nitrogen and oxygen atoms in total. The van der Waals surface area contributed by atoms with Gasteiger partial charge < -0.3 is 10.2 Å². The molecule has 4 heterocycles. The third-order valence-corrected chi connectivity index (χ3v) is 5.15. The summed E-state index contributed by atoms with van der Waals surface area (Å²) < 4.78 is 0. The van der Waals surface area contributed by atoms with Gasteiger partial charge in [0.1, 0.15) is 16.7 Å². The average Bonchev–Trinajstić information content (AvgIpc) is 3.16. The van der Waals surface area contributed by atoms with E-state index in [0.717, 1.165) is 37.2 Å². The van der Waals surface area contributed by atoms with Crippen LogP contribution in [0.2, 0.25) is 0 Å². The first-order valence-corrected chi connectivity index (χ1v) is 9.89. The van der Waals surface area contributed by atoms with Crippen LogP contribution in [0.25, 0.3) is 22.3 Å². The average molecular weight is 404 g/mol. The van der Waals surface area contributed by atoms with Crippen LogP contribution in [0, 0.1) is 0 Å². The Kier molecular flexibility index (Phi) is 4.75. The lowest BCUT2D eigenvalue weighted by molar-refractivity contribution is 0.726. The third kappa shape index (κ3) is 3.56. The van der Waals surface area contributed by atoms with Crippen molar-refractivity contribution in [1.29, 1.82) is 0 Å². The van der Waals surface area contributed by atoms with Crippen molar-refractivity contribution in [3.63, 3.8) is 0 Å². The molecule has 1 aromatic carbocycles. The van der Waals surface area contributed by atoms with Gasteiger partial charge in [-0.3, -0.25) is 4.79 Å². The van der Waals surface area contributed by atoms with Gasteiger partial charge in [-0.2, -0.15) is 15.3 Å². The Bertz CT molecular complexity index is 1190. The van der Waals surface area contributed by atoms with Gasteiger partial charge in [0.2, 0.25) is 11.8 Å². The number of aromatic amines is 2. The van der Waals surface area contributed by atoms with Gasteiger partial charge >= 0.3 is 0 Å². The number of aromatic nitrogens is 8. The Morgan fingerprint density at radius 3 is 2.53 bits per heavy atom. The predicted octanol–water partition coefficient (Wildman–Crippen LogP) is 2.02. The number of hydrogen-bond donors (Lipinski definition) is 3. The molecule has 3 N–H and O–H groups in total. The smallest absolute Gasteiger partial charge is 0.277 e. The Labute approximate surface area is 171 Å². The van der Waals surface area contributed by atoms with Gasteiger partial charge in [0.05, 0.1) is 6.20 Å². The van der Waals surface area contributed by atoms with Gasteiger partial charge in [-0.25, -0.2) is 10.1 Å². The van der Waals surface area contributed by atoms with E-state index in [4.69, 9.17) is 4.98 Å². The lowest BCUT2D eigenvalue weighted by Crippen LogP contribution is -2.26. The van der Waals surface area contributed by atoms with Crippen molar-refractivity contribution in [3.05, 3.63) is 40.8 Å². The molecule has 1 fully saturated rings. The van der Waals surface area contributed by atoms with Gasteiger partial charge in [-0.05, 0) is 42.3 Å². The summed E-state index contributed by atoms with van der Waals surface area (Å²) in [4.78, 5) is 24.0. The minimum Gasteiger partial charge on any atom is -0.341 e. The molecule has 4 aromatic rings. The van der Waals surface area contributed by atoms with E-state index in [-0.39, 0.29) is 5.56 Å². The summed E-state index contributed by atoms with van der Waals surface area (Å²) >= 11 is 0. The molecule has 152 valence electrons. The first-order valence-electron chi connectivity index (χ1n) is 9.89. The quantitative estimate of drug-likeness (QED) is 0.465. The van der Waals surface area contributed by atoms with Crippen LogP contribution in [-0.4, -0.2) is 53.9 Å². The lowest BCUT2D eigenvalue weighted by atomic mass is 10.2. The Morgan fingerprint density at radius 1 is 1.00 bits per heavy atom. The van der Waals surface area contributed by atoms with Crippen LogP contribution in [0.4, 0.5) is 17.5 Å². The number of rotatable bonds is 4. The normalized spacial score (nSPS) is 14.6. The van der Waals surface area contributed by atoms with E-state index >= 15 is 0 Å². The second kappa shape index (κ2) is 7.85. The van der Waals surface area contributed by atoms with Gasteiger partial charge in [0.25, 0.3) is 5.56 Å². The van der Waals surface area contributed by atoms with Crippen LogP contribution in [0.1, 0.15) is 25.7 Å². The molecular formula is C19H20N10O. The van der Waals surface area contributed by atoms with E-state index in [9.17, 15) is 4.79 Å². The molecule has 0 unspecified atom stereocenters. The monoisotopic (exact) mass is 404 g/mol. The van der Waals surface area contributed by atoms with Crippen molar-refractivity contribution in [2.75, 3.05) is 23.3 Å². The molecule has 30 heavy (non-hydrogen) atoms. The summed E-state index contributed by atoms with van der Waals surface area (Å²) in [5.74, 6) is 1.58. The fourth-order valence-corrected chi connectivity index (χ4v) is 3.62. The molecule has 0 bridgehead atoms. The van der Waals surface area contributed by atoms with E-state index in [2.05, 4.69) is 46.0 Å². The highest BCUT2D eigenvalue weighted by Crippen LogP contribution is 2.26. The number of H-pyrrole nitrogens is 2. The maximum atomic E-state index is 12.5. The molecule has 0 atom stereocenters. The molecule has 0 aliphatic carbocycles. The van der Waals surface area contributed by atoms with Crippen LogP contribution >= 0.6 is 0 Å². The highest BCUT2D eigenvalue weighted by Gasteiger charge is 2.17. The fourth-order valence-electron chi connectivity index (χ4n) is 3.62. The van der Waals surface area contributed by atoms with Crippen molar-refractivity contribution < 1.29 is 0 Å². The molecule has 0 amide bonds. The zero-order valence-corrected chi connectivity index (χ0v) is 16.2. The third-order valence-electron chi connectivity index (χ3n) is 5.15. The minimum atomic E-state index is -0.333. The maximum absolute atomic E-state index is 12.5. The fraction of sp³-hybridized carbons (Fsp3) is 0.316. The standard InChI is InChI=1S/C19H20N10O/c30-18-15-14(11-20-26-18)22-19(29-9-3-1-2-4-10-29)23-17(15)21-13-7-5-12(6-8-13)16-24-27-28-25-16/h5-8,11H,1-4,9-10H2,(H,26,30)(H,21,22,23)(H,24,25,27,28). The summed E-state index contributed by atoms with van der Waals surface area (Å²) in [7, 11) is 0. The van der Waals surface area contributed by atoms with Crippen LogP contribution in [0.5, 0.6) is 0 Å². The highest BCUT2D eigenvalue weighted by molar-refractivity contribution is 5.90. The first kappa shape index (κ1) is 18.2. The van der Waals surface area contributed by atoms with Crippen LogP contribution in [-0.2, 0) is 0 Å². The van der Waals surface area contributed by atoms with E-state index in [1.807, 2.05) is 24.3 Å². The molecule has 0 radical (unpaired) electrons. The summed E-state index contributed by atoms with van der Waals surface area (Å²) in [6.07, 6.45) is 6.20. The minimum absolute atomic E-state index is 0.333. The van der Waals surface area contributed by atoms with E-state index < -0.39 is 0 Å². The molecule has 3 aromatic heterocycles. The molecule has 5 rings (SSSR count). The second-order valence-corrected chi connectivity index (χ2v) is 7.17. The summed E-state index contributed by atoms with van der Waals surface area (Å²) in [6.45, 7) is 1.81. The van der Waals surface area contributed by atoms with Crippen molar-refractivity contribution in [1.82, 2.24) is 40.8 Å². The van der Waals surface area contributed by atoms with Gasteiger partial charge in [-0.1, -0.05) is 12.8 Å². The zero-order valence-electron chi connectivity index (χ0n) is 16.2. The Balaban J connectivity index is 1.52. The van der Waals surface area contributed by atoms with Crippen molar-refractivity contribution >= 4 is 28.4 Å². The Morgan fingerprint density at radius 2 is 1.80 bits per heavy atom. The topological polar surface area (TPSA) is 141 Å². The number of benzene rings is 1. The first-order chi connectivity index (χ1) is 14.8.